The summed E-state index contributed by atoms with van der Waals surface area (Å²) in [6.07, 6.45) is 1.90. The molecule has 3 aromatic rings. The van der Waals surface area contributed by atoms with E-state index < -0.39 is 0 Å². The van der Waals surface area contributed by atoms with Gasteiger partial charge in [0, 0.05) is 11.8 Å². The quantitative estimate of drug-likeness (QED) is 0.640. The van der Waals surface area contributed by atoms with Crippen LogP contribution in [0.4, 0.5) is 4.39 Å². The molecule has 0 fully saturated rings. The van der Waals surface area contributed by atoms with Crippen LogP contribution in [0.3, 0.4) is 0 Å². The predicted octanol–water partition coefficient (Wildman–Crippen LogP) is 2.84. The van der Waals surface area contributed by atoms with E-state index in [9.17, 15) is 4.39 Å². The zero-order valence-electron chi connectivity index (χ0n) is 9.26. The minimum absolute atomic E-state index is 0.251. The summed E-state index contributed by atoms with van der Waals surface area (Å²) in [7, 11) is 0. The molecular weight excluding hydrogens is 217 g/mol. The minimum atomic E-state index is -0.251. The molecule has 2 aromatic heterocycles. The van der Waals surface area contributed by atoms with E-state index in [0.717, 1.165) is 22.6 Å². The highest BCUT2D eigenvalue weighted by Gasteiger charge is 2.08. The SMILES string of the molecule is Cc1cccn2c(-c3ccc(F)cc3)nnc12. The molecule has 1 aromatic carbocycles. The van der Waals surface area contributed by atoms with Crippen LogP contribution < -0.4 is 0 Å². The van der Waals surface area contributed by atoms with Crippen LogP contribution in [-0.2, 0) is 0 Å². The van der Waals surface area contributed by atoms with E-state index in [-0.39, 0.29) is 5.82 Å². The summed E-state index contributed by atoms with van der Waals surface area (Å²) < 4.78 is 14.8. The van der Waals surface area contributed by atoms with Gasteiger partial charge in [-0.2, -0.15) is 0 Å². The van der Waals surface area contributed by atoms with Gasteiger partial charge in [0.25, 0.3) is 0 Å². The smallest absolute Gasteiger partial charge is 0.168 e. The predicted molar refractivity (Wildman–Crippen MR) is 63.1 cm³/mol. The molecule has 4 heteroatoms. The van der Waals surface area contributed by atoms with Gasteiger partial charge in [0.2, 0.25) is 0 Å². The first-order chi connectivity index (χ1) is 8.25. The molecule has 0 bridgehead atoms. The van der Waals surface area contributed by atoms with Crippen LogP contribution in [0, 0.1) is 12.7 Å². The number of halogens is 1. The molecule has 0 aliphatic rings. The van der Waals surface area contributed by atoms with Gasteiger partial charge in [0.15, 0.2) is 11.5 Å². The lowest BCUT2D eigenvalue weighted by molar-refractivity contribution is 0.628. The number of hydrogen-bond donors (Lipinski definition) is 0. The van der Waals surface area contributed by atoms with Crippen molar-refractivity contribution < 1.29 is 4.39 Å². The Hall–Kier alpha value is -2.23. The molecule has 0 atom stereocenters. The number of aryl methyl sites for hydroxylation is 1. The summed E-state index contributed by atoms with van der Waals surface area (Å²) in [5.74, 6) is 0.474. The number of fused-ring (bicyclic) bond motifs is 1. The molecular formula is C13H10FN3. The van der Waals surface area contributed by atoms with E-state index in [4.69, 9.17) is 0 Å². The third-order valence-electron chi connectivity index (χ3n) is 2.73. The van der Waals surface area contributed by atoms with Gasteiger partial charge in [0.05, 0.1) is 0 Å². The van der Waals surface area contributed by atoms with Crippen LogP contribution in [0.2, 0.25) is 0 Å². The number of hydrogen-bond acceptors (Lipinski definition) is 2. The summed E-state index contributed by atoms with van der Waals surface area (Å²) in [6, 6.07) is 10.2. The van der Waals surface area contributed by atoms with E-state index in [0.29, 0.717) is 0 Å². The maximum Gasteiger partial charge on any atom is 0.168 e. The average Bonchev–Trinajstić information content (AvgIpc) is 2.75. The molecule has 0 radical (unpaired) electrons. The van der Waals surface area contributed by atoms with Crippen LogP contribution in [0.25, 0.3) is 17.0 Å². The van der Waals surface area contributed by atoms with Crippen LogP contribution in [-0.4, -0.2) is 14.6 Å². The first-order valence-electron chi connectivity index (χ1n) is 5.32. The van der Waals surface area contributed by atoms with E-state index >= 15 is 0 Å². The van der Waals surface area contributed by atoms with Crippen molar-refractivity contribution in [3.05, 3.63) is 54.0 Å². The van der Waals surface area contributed by atoms with Crippen LogP contribution in [0.5, 0.6) is 0 Å². The molecule has 3 nitrogen and oxygen atoms in total. The van der Waals surface area contributed by atoms with Gasteiger partial charge >= 0.3 is 0 Å². The summed E-state index contributed by atoms with van der Waals surface area (Å²) in [5, 5.41) is 8.28. The Morgan fingerprint density at radius 2 is 1.82 bits per heavy atom. The third kappa shape index (κ3) is 1.58. The average molecular weight is 227 g/mol. The fraction of sp³-hybridized carbons (Fsp3) is 0.0769. The number of benzene rings is 1. The molecule has 2 heterocycles. The van der Waals surface area contributed by atoms with Gasteiger partial charge in [-0.15, -0.1) is 10.2 Å². The maximum atomic E-state index is 12.9. The second kappa shape index (κ2) is 3.66. The molecule has 0 unspecified atom stereocenters. The van der Waals surface area contributed by atoms with Crippen LogP contribution in [0.15, 0.2) is 42.6 Å². The fourth-order valence-corrected chi connectivity index (χ4v) is 1.85. The molecule has 3 rings (SSSR count). The van der Waals surface area contributed by atoms with Gasteiger partial charge in [-0.05, 0) is 42.8 Å². The molecule has 0 saturated carbocycles. The Bertz CT molecular complexity index is 671. The lowest BCUT2D eigenvalue weighted by Crippen LogP contribution is -1.90. The molecule has 0 spiro atoms. The zero-order valence-corrected chi connectivity index (χ0v) is 9.26. The lowest BCUT2D eigenvalue weighted by Gasteiger charge is -2.00. The monoisotopic (exact) mass is 227 g/mol. The molecule has 0 aliphatic heterocycles. The Morgan fingerprint density at radius 3 is 2.59 bits per heavy atom. The van der Waals surface area contributed by atoms with E-state index in [1.807, 2.05) is 29.7 Å². The van der Waals surface area contributed by atoms with Crippen molar-refractivity contribution in [1.29, 1.82) is 0 Å². The third-order valence-corrected chi connectivity index (χ3v) is 2.73. The zero-order chi connectivity index (χ0) is 11.8. The summed E-state index contributed by atoms with van der Waals surface area (Å²) in [4.78, 5) is 0. The fourth-order valence-electron chi connectivity index (χ4n) is 1.85. The second-order valence-electron chi connectivity index (χ2n) is 3.92. The van der Waals surface area contributed by atoms with Crippen molar-refractivity contribution in [3.63, 3.8) is 0 Å². The van der Waals surface area contributed by atoms with Gasteiger partial charge in [-0.1, -0.05) is 6.07 Å². The summed E-state index contributed by atoms with van der Waals surface area (Å²) in [5.41, 5.74) is 2.74. The van der Waals surface area contributed by atoms with Gasteiger partial charge in [0.1, 0.15) is 5.82 Å². The van der Waals surface area contributed by atoms with Crippen LogP contribution in [0.1, 0.15) is 5.56 Å². The van der Waals surface area contributed by atoms with Crippen molar-refractivity contribution in [2.75, 3.05) is 0 Å². The van der Waals surface area contributed by atoms with Crippen LogP contribution >= 0.6 is 0 Å². The Labute approximate surface area is 97.5 Å². The van der Waals surface area contributed by atoms with Crippen molar-refractivity contribution in [3.8, 4) is 11.4 Å². The second-order valence-corrected chi connectivity index (χ2v) is 3.92. The number of pyridine rings is 1. The van der Waals surface area contributed by atoms with Crippen molar-refractivity contribution in [2.24, 2.45) is 0 Å². The Kier molecular flexibility index (Phi) is 2.14. The number of nitrogens with zero attached hydrogens (tertiary/aromatic N) is 3. The minimum Gasteiger partial charge on any atom is -0.282 e. The Morgan fingerprint density at radius 1 is 1.06 bits per heavy atom. The van der Waals surface area contributed by atoms with Gasteiger partial charge in [-0.3, -0.25) is 4.40 Å². The highest BCUT2D eigenvalue weighted by Crippen LogP contribution is 2.19. The van der Waals surface area contributed by atoms with Crippen molar-refractivity contribution in [1.82, 2.24) is 14.6 Å². The number of aromatic nitrogens is 3. The van der Waals surface area contributed by atoms with E-state index in [1.54, 1.807) is 12.1 Å². The van der Waals surface area contributed by atoms with Crippen molar-refractivity contribution >= 4 is 5.65 Å². The maximum absolute atomic E-state index is 12.9. The lowest BCUT2D eigenvalue weighted by atomic mass is 10.2. The summed E-state index contributed by atoms with van der Waals surface area (Å²) in [6.45, 7) is 1.98. The van der Waals surface area contributed by atoms with Gasteiger partial charge in [-0.25, -0.2) is 4.39 Å². The normalized spacial score (nSPS) is 10.9. The first kappa shape index (κ1) is 9.96. The Balaban J connectivity index is 2.24. The molecule has 84 valence electrons. The summed E-state index contributed by atoms with van der Waals surface area (Å²) >= 11 is 0. The highest BCUT2D eigenvalue weighted by atomic mass is 19.1. The largest absolute Gasteiger partial charge is 0.282 e. The molecule has 0 saturated heterocycles. The van der Waals surface area contributed by atoms with E-state index in [1.165, 1.54) is 12.1 Å². The molecule has 17 heavy (non-hydrogen) atoms. The standard InChI is InChI=1S/C13H10FN3/c1-9-3-2-8-17-12(9)15-16-13(17)10-4-6-11(14)7-5-10/h2-8H,1H3. The van der Waals surface area contributed by atoms with E-state index in [2.05, 4.69) is 10.2 Å². The topological polar surface area (TPSA) is 30.2 Å². The molecule has 0 N–H and O–H groups in total. The van der Waals surface area contributed by atoms with Crippen molar-refractivity contribution in [2.45, 2.75) is 6.92 Å². The first-order valence-corrected chi connectivity index (χ1v) is 5.32. The highest BCUT2D eigenvalue weighted by molar-refractivity contribution is 5.60. The molecule has 0 amide bonds. The molecule has 0 aliphatic carbocycles. The number of rotatable bonds is 1. The van der Waals surface area contributed by atoms with Gasteiger partial charge < -0.3 is 0 Å².